The molecular formula is C16H16N2O4. The Morgan fingerprint density at radius 1 is 1.45 bits per heavy atom. The van der Waals surface area contributed by atoms with E-state index in [4.69, 9.17) is 9.47 Å². The van der Waals surface area contributed by atoms with E-state index >= 15 is 0 Å². The molecule has 1 fully saturated rings. The lowest BCUT2D eigenvalue weighted by Crippen LogP contribution is -2.49. The van der Waals surface area contributed by atoms with Crippen LogP contribution in [-0.2, 0) is 19.7 Å². The van der Waals surface area contributed by atoms with Crippen molar-refractivity contribution >= 4 is 17.7 Å². The smallest absolute Gasteiger partial charge is 0.417 e. The average Bonchev–Trinajstić information content (AvgIpc) is 2.95. The minimum absolute atomic E-state index is 0.0793. The zero-order chi connectivity index (χ0) is 16.1. The van der Waals surface area contributed by atoms with Gasteiger partial charge in [-0.2, -0.15) is 5.26 Å². The number of carbonyl (C=O) groups excluding carboxylic acids is 2. The molecule has 1 aromatic rings. The van der Waals surface area contributed by atoms with Gasteiger partial charge in [0.1, 0.15) is 0 Å². The van der Waals surface area contributed by atoms with Gasteiger partial charge in [-0.15, -0.1) is 0 Å². The number of hydrogen-bond acceptors (Lipinski definition) is 5. The molecule has 6 heteroatoms. The van der Waals surface area contributed by atoms with Gasteiger partial charge in [-0.25, -0.2) is 9.69 Å². The van der Waals surface area contributed by atoms with E-state index in [9.17, 15) is 14.9 Å². The van der Waals surface area contributed by atoms with E-state index in [2.05, 4.69) is 6.07 Å². The van der Waals surface area contributed by atoms with Crippen molar-refractivity contribution in [2.75, 3.05) is 12.0 Å². The summed E-state index contributed by atoms with van der Waals surface area (Å²) in [5, 5.41) is 9.52. The predicted molar refractivity (Wildman–Crippen MR) is 76.8 cm³/mol. The molecule has 1 saturated heterocycles. The summed E-state index contributed by atoms with van der Waals surface area (Å²) >= 11 is 0. The third-order valence-corrected chi connectivity index (χ3v) is 4.67. The lowest BCUT2D eigenvalue weighted by Gasteiger charge is -2.34. The maximum atomic E-state index is 12.2. The van der Waals surface area contributed by atoms with Crippen LogP contribution >= 0.6 is 0 Å². The molecule has 2 heterocycles. The Hall–Kier alpha value is -2.55. The second-order valence-corrected chi connectivity index (χ2v) is 5.80. The summed E-state index contributed by atoms with van der Waals surface area (Å²) in [6.45, 7) is 3.85. The minimum atomic E-state index is -0.951. The first-order valence-electron chi connectivity index (χ1n) is 7.06. The molecule has 0 unspecified atom stereocenters. The van der Waals surface area contributed by atoms with Crippen LogP contribution < -0.4 is 4.90 Å². The van der Waals surface area contributed by atoms with Crippen molar-refractivity contribution in [3.63, 3.8) is 0 Å². The summed E-state index contributed by atoms with van der Waals surface area (Å²) in [6.07, 6.45) is -1.46. The number of anilines is 1. The van der Waals surface area contributed by atoms with E-state index in [0.717, 1.165) is 5.56 Å². The molecule has 0 aliphatic carbocycles. The SMILES string of the molecule is COC(=O)N1c2ccccc2[C@@]2(C(C)C)[C@@H](C#N)C(=O)O[C@@H]12. The van der Waals surface area contributed by atoms with E-state index in [1.807, 2.05) is 26.0 Å². The van der Waals surface area contributed by atoms with Gasteiger partial charge >= 0.3 is 12.1 Å². The van der Waals surface area contributed by atoms with Gasteiger partial charge in [-0.1, -0.05) is 32.0 Å². The highest BCUT2D eigenvalue weighted by Gasteiger charge is 2.68. The van der Waals surface area contributed by atoms with E-state index in [-0.39, 0.29) is 5.92 Å². The van der Waals surface area contributed by atoms with Gasteiger partial charge in [-0.3, -0.25) is 4.79 Å². The van der Waals surface area contributed by atoms with Crippen molar-refractivity contribution in [3.05, 3.63) is 29.8 Å². The summed E-state index contributed by atoms with van der Waals surface area (Å²) < 4.78 is 10.3. The first-order valence-corrected chi connectivity index (χ1v) is 7.06. The Labute approximate surface area is 128 Å². The van der Waals surface area contributed by atoms with E-state index in [0.29, 0.717) is 5.69 Å². The highest BCUT2D eigenvalue weighted by molar-refractivity contribution is 5.96. The molecule has 0 radical (unpaired) electrons. The fourth-order valence-corrected chi connectivity index (χ4v) is 3.73. The van der Waals surface area contributed by atoms with Crippen molar-refractivity contribution in [1.82, 2.24) is 0 Å². The van der Waals surface area contributed by atoms with Crippen LogP contribution in [0.2, 0.25) is 0 Å². The van der Waals surface area contributed by atoms with Gasteiger partial charge in [0.2, 0.25) is 0 Å². The normalized spacial score (nSPS) is 28.9. The standard InChI is InChI=1S/C16H16N2O4/c1-9(2)16-10-6-4-5-7-12(10)18(15(20)21-3)14(16)22-13(19)11(16)8-17/h4-7,9,11,14H,1-3H3/t11-,14+,16-/m0/s1. The van der Waals surface area contributed by atoms with Gasteiger partial charge in [0, 0.05) is 0 Å². The van der Waals surface area contributed by atoms with Gasteiger partial charge in [0.15, 0.2) is 12.1 Å². The Bertz CT molecular complexity index is 694. The second-order valence-electron chi connectivity index (χ2n) is 5.80. The molecule has 1 amide bonds. The molecule has 6 nitrogen and oxygen atoms in total. The quantitative estimate of drug-likeness (QED) is 0.743. The van der Waals surface area contributed by atoms with Crippen LogP contribution in [0.5, 0.6) is 0 Å². The van der Waals surface area contributed by atoms with E-state index < -0.39 is 29.6 Å². The number of fused-ring (bicyclic) bond motifs is 3. The van der Waals surface area contributed by atoms with Gasteiger partial charge in [-0.05, 0) is 17.5 Å². The first-order chi connectivity index (χ1) is 10.5. The molecule has 0 N–H and O–H groups in total. The van der Waals surface area contributed by atoms with Gasteiger partial charge < -0.3 is 9.47 Å². The fourth-order valence-electron chi connectivity index (χ4n) is 3.73. The lowest BCUT2D eigenvalue weighted by molar-refractivity contribution is -0.142. The van der Waals surface area contributed by atoms with Crippen LogP contribution in [0.3, 0.4) is 0 Å². The van der Waals surface area contributed by atoms with Crippen LogP contribution in [0.4, 0.5) is 10.5 Å². The second kappa shape index (κ2) is 4.73. The van der Waals surface area contributed by atoms with Gasteiger partial charge in [0.05, 0.1) is 24.3 Å². The number of rotatable bonds is 1. The Morgan fingerprint density at radius 3 is 2.73 bits per heavy atom. The number of esters is 1. The molecule has 1 aromatic carbocycles. The molecular weight excluding hydrogens is 284 g/mol. The number of amides is 1. The minimum Gasteiger partial charge on any atom is -0.452 e. The number of methoxy groups -OCH3 is 1. The van der Waals surface area contributed by atoms with Crippen molar-refractivity contribution < 1.29 is 19.1 Å². The molecule has 114 valence electrons. The average molecular weight is 300 g/mol. The summed E-state index contributed by atoms with van der Waals surface area (Å²) in [4.78, 5) is 25.7. The summed E-state index contributed by atoms with van der Waals surface area (Å²) in [5.41, 5.74) is 0.523. The Morgan fingerprint density at radius 2 is 2.14 bits per heavy atom. The van der Waals surface area contributed by atoms with Crippen LogP contribution in [0.1, 0.15) is 19.4 Å². The molecule has 3 atom stereocenters. The third-order valence-electron chi connectivity index (χ3n) is 4.67. The number of benzene rings is 1. The van der Waals surface area contributed by atoms with Crippen molar-refractivity contribution in [3.8, 4) is 6.07 Å². The highest BCUT2D eigenvalue weighted by Crippen LogP contribution is 2.57. The highest BCUT2D eigenvalue weighted by atomic mass is 16.6. The monoisotopic (exact) mass is 300 g/mol. The Balaban J connectivity index is 2.31. The fraction of sp³-hybridized carbons (Fsp3) is 0.438. The van der Waals surface area contributed by atoms with Crippen molar-refractivity contribution in [2.24, 2.45) is 11.8 Å². The van der Waals surface area contributed by atoms with Crippen molar-refractivity contribution in [2.45, 2.75) is 25.5 Å². The maximum absolute atomic E-state index is 12.2. The van der Waals surface area contributed by atoms with E-state index in [1.54, 1.807) is 12.1 Å². The number of ether oxygens (including phenoxy) is 2. The number of nitriles is 1. The molecule has 2 aliphatic rings. The van der Waals surface area contributed by atoms with E-state index in [1.165, 1.54) is 12.0 Å². The molecule has 0 saturated carbocycles. The van der Waals surface area contributed by atoms with Crippen LogP contribution in [0.25, 0.3) is 0 Å². The zero-order valence-corrected chi connectivity index (χ0v) is 12.6. The molecule has 0 spiro atoms. The zero-order valence-electron chi connectivity index (χ0n) is 12.6. The number of hydrogen-bond donors (Lipinski definition) is 0. The molecule has 3 rings (SSSR count). The summed E-state index contributed by atoms with van der Waals surface area (Å²) in [7, 11) is 1.28. The number of para-hydroxylation sites is 1. The van der Waals surface area contributed by atoms with Crippen LogP contribution in [-0.4, -0.2) is 25.4 Å². The molecule has 2 aliphatic heterocycles. The topological polar surface area (TPSA) is 79.6 Å². The van der Waals surface area contributed by atoms with Gasteiger partial charge in [0.25, 0.3) is 0 Å². The summed E-state index contributed by atoms with van der Waals surface area (Å²) in [5.74, 6) is -1.62. The first kappa shape index (κ1) is 14.4. The maximum Gasteiger partial charge on any atom is 0.417 e. The summed E-state index contributed by atoms with van der Waals surface area (Å²) in [6, 6.07) is 9.32. The van der Waals surface area contributed by atoms with Crippen LogP contribution in [0.15, 0.2) is 24.3 Å². The molecule has 22 heavy (non-hydrogen) atoms. The molecule has 0 bridgehead atoms. The number of nitrogens with zero attached hydrogens (tertiary/aromatic N) is 2. The third kappa shape index (κ3) is 1.48. The van der Waals surface area contributed by atoms with Crippen LogP contribution in [0, 0.1) is 23.2 Å². The lowest BCUT2D eigenvalue weighted by atomic mass is 9.65. The molecule has 0 aromatic heterocycles. The predicted octanol–water partition coefficient (Wildman–Crippen LogP) is 2.19. The largest absolute Gasteiger partial charge is 0.452 e. The Kier molecular flexibility index (Phi) is 3.10. The van der Waals surface area contributed by atoms with Crippen molar-refractivity contribution in [1.29, 1.82) is 5.26 Å². The number of carbonyl (C=O) groups is 2.